The van der Waals surface area contributed by atoms with Crippen molar-refractivity contribution in [2.45, 2.75) is 6.92 Å². The van der Waals surface area contributed by atoms with Crippen LogP contribution in [0.2, 0.25) is 0 Å². The number of aryl methyl sites for hydroxylation is 1. The Morgan fingerprint density at radius 1 is 1.12 bits per heavy atom. The van der Waals surface area contributed by atoms with Crippen LogP contribution in [-0.4, -0.2) is 19.7 Å². The quantitative estimate of drug-likeness (QED) is 0.691. The Hall–Kier alpha value is -2.36. The van der Waals surface area contributed by atoms with E-state index in [0.717, 1.165) is 22.6 Å². The first-order chi connectivity index (χ1) is 8.22. The highest BCUT2D eigenvalue weighted by molar-refractivity contribution is 5.64. The first-order valence-electron chi connectivity index (χ1n) is 5.35. The fourth-order valence-electron chi connectivity index (χ4n) is 1.75. The number of aromatic nitrogens is 3. The summed E-state index contributed by atoms with van der Waals surface area (Å²) in [6.45, 7) is 1.95. The minimum atomic E-state index is 0.256. The molecule has 1 N–H and O–H groups in total. The van der Waals surface area contributed by atoms with Gasteiger partial charge in [0, 0.05) is 23.5 Å². The molecule has 4 heteroatoms. The molecule has 4 nitrogen and oxygen atoms in total. The molecule has 0 aliphatic carbocycles. The molecule has 0 spiro atoms. The highest BCUT2D eigenvalue weighted by atomic mass is 16.3. The zero-order chi connectivity index (χ0) is 11.8. The van der Waals surface area contributed by atoms with Gasteiger partial charge in [0.25, 0.3) is 0 Å². The Balaban J connectivity index is 2.14. The standard InChI is InChI=1S/C13H11N3O/c1-9-6-7-16-13(14-9)8-12(15-16)10-2-4-11(17)5-3-10/h2-8,17H,1H3. The lowest BCUT2D eigenvalue weighted by Gasteiger charge is -1.95. The number of fused-ring (bicyclic) bond motifs is 1. The SMILES string of the molecule is Cc1ccn2nc(-c3ccc(O)cc3)cc2n1. The first kappa shape index (κ1) is 9.84. The van der Waals surface area contributed by atoms with Crippen molar-refractivity contribution < 1.29 is 5.11 Å². The van der Waals surface area contributed by atoms with E-state index in [0.29, 0.717) is 0 Å². The van der Waals surface area contributed by atoms with Crippen LogP contribution in [-0.2, 0) is 0 Å². The Morgan fingerprint density at radius 3 is 2.65 bits per heavy atom. The Labute approximate surface area is 98.2 Å². The highest BCUT2D eigenvalue weighted by Gasteiger charge is 2.05. The predicted octanol–water partition coefficient (Wildman–Crippen LogP) is 2.41. The van der Waals surface area contributed by atoms with Crippen LogP contribution in [0.25, 0.3) is 16.9 Å². The number of nitrogens with zero attached hydrogens (tertiary/aromatic N) is 3. The average Bonchev–Trinajstić information content (AvgIpc) is 2.72. The molecule has 17 heavy (non-hydrogen) atoms. The summed E-state index contributed by atoms with van der Waals surface area (Å²) >= 11 is 0. The molecule has 3 aromatic rings. The Kier molecular flexibility index (Phi) is 2.08. The van der Waals surface area contributed by atoms with E-state index in [9.17, 15) is 5.11 Å². The molecule has 0 saturated carbocycles. The van der Waals surface area contributed by atoms with Gasteiger partial charge in [-0.05, 0) is 37.3 Å². The lowest BCUT2D eigenvalue weighted by Crippen LogP contribution is -1.90. The average molecular weight is 225 g/mol. The fraction of sp³-hybridized carbons (Fsp3) is 0.0769. The largest absolute Gasteiger partial charge is 0.508 e. The third-order valence-corrected chi connectivity index (χ3v) is 2.63. The van der Waals surface area contributed by atoms with Crippen LogP contribution in [0.1, 0.15) is 5.69 Å². The van der Waals surface area contributed by atoms with Gasteiger partial charge in [-0.3, -0.25) is 0 Å². The van der Waals surface area contributed by atoms with E-state index in [1.54, 1.807) is 16.6 Å². The number of benzene rings is 1. The van der Waals surface area contributed by atoms with E-state index in [1.165, 1.54) is 0 Å². The molecule has 0 atom stereocenters. The van der Waals surface area contributed by atoms with E-state index in [-0.39, 0.29) is 5.75 Å². The summed E-state index contributed by atoms with van der Waals surface area (Å²) in [6.07, 6.45) is 1.89. The molecule has 1 aromatic carbocycles. The lowest BCUT2D eigenvalue weighted by atomic mass is 10.1. The van der Waals surface area contributed by atoms with Crippen LogP contribution < -0.4 is 0 Å². The summed E-state index contributed by atoms with van der Waals surface area (Å²) in [4.78, 5) is 4.39. The number of aromatic hydroxyl groups is 1. The summed E-state index contributed by atoms with van der Waals surface area (Å²) in [5.74, 6) is 0.256. The first-order valence-corrected chi connectivity index (χ1v) is 5.35. The van der Waals surface area contributed by atoms with Crippen molar-refractivity contribution in [2.75, 3.05) is 0 Å². The van der Waals surface area contributed by atoms with Crippen molar-refractivity contribution in [3.05, 3.63) is 48.3 Å². The summed E-state index contributed by atoms with van der Waals surface area (Å²) in [7, 11) is 0. The van der Waals surface area contributed by atoms with Crippen molar-refractivity contribution in [3.8, 4) is 17.0 Å². The van der Waals surface area contributed by atoms with E-state index >= 15 is 0 Å². The van der Waals surface area contributed by atoms with Crippen LogP contribution in [0.5, 0.6) is 5.75 Å². The van der Waals surface area contributed by atoms with Crippen LogP contribution in [0, 0.1) is 6.92 Å². The van der Waals surface area contributed by atoms with Gasteiger partial charge in [-0.15, -0.1) is 0 Å². The topological polar surface area (TPSA) is 50.4 Å². The van der Waals surface area contributed by atoms with Crippen molar-refractivity contribution in [3.63, 3.8) is 0 Å². The third kappa shape index (κ3) is 1.73. The van der Waals surface area contributed by atoms with Gasteiger partial charge in [0.05, 0.1) is 5.69 Å². The molecule has 0 saturated heterocycles. The smallest absolute Gasteiger partial charge is 0.155 e. The molecule has 2 aromatic heterocycles. The molecule has 0 unspecified atom stereocenters. The molecule has 0 aliphatic heterocycles. The predicted molar refractivity (Wildman–Crippen MR) is 64.8 cm³/mol. The second-order valence-corrected chi connectivity index (χ2v) is 3.95. The third-order valence-electron chi connectivity index (χ3n) is 2.63. The Morgan fingerprint density at radius 2 is 1.88 bits per heavy atom. The molecule has 0 bridgehead atoms. The summed E-state index contributed by atoms with van der Waals surface area (Å²) in [6, 6.07) is 10.8. The fourth-order valence-corrected chi connectivity index (χ4v) is 1.75. The van der Waals surface area contributed by atoms with Gasteiger partial charge in [-0.2, -0.15) is 5.10 Å². The molecule has 0 fully saturated rings. The molecular weight excluding hydrogens is 214 g/mol. The molecular formula is C13H11N3O. The molecule has 3 rings (SSSR count). The molecule has 0 aliphatic rings. The van der Waals surface area contributed by atoms with Gasteiger partial charge >= 0.3 is 0 Å². The van der Waals surface area contributed by atoms with Crippen molar-refractivity contribution in [1.82, 2.24) is 14.6 Å². The zero-order valence-electron chi connectivity index (χ0n) is 9.33. The van der Waals surface area contributed by atoms with Gasteiger partial charge < -0.3 is 5.11 Å². The number of phenolic OH excluding ortho intramolecular Hbond substituents is 1. The van der Waals surface area contributed by atoms with E-state index < -0.39 is 0 Å². The van der Waals surface area contributed by atoms with E-state index in [4.69, 9.17) is 0 Å². The Bertz CT molecular complexity index is 671. The van der Waals surface area contributed by atoms with Crippen molar-refractivity contribution in [2.24, 2.45) is 0 Å². The van der Waals surface area contributed by atoms with Crippen LogP contribution in [0.3, 0.4) is 0 Å². The minimum absolute atomic E-state index is 0.256. The van der Waals surface area contributed by atoms with Crippen molar-refractivity contribution in [1.29, 1.82) is 0 Å². The van der Waals surface area contributed by atoms with Gasteiger partial charge in [-0.25, -0.2) is 9.50 Å². The van der Waals surface area contributed by atoms with Crippen LogP contribution >= 0.6 is 0 Å². The number of hydrogen-bond acceptors (Lipinski definition) is 3. The number of phenols is 1. The lowest BCUT2D eigenvalue weighted by molar-refractivity contribution is 0.475. The van der Waals surface area contributed by atoms with Gasteiger partial charge in [0.2, 0.25) is 0 Å². The second-order valence-electron chi connectivity index (χ2n) is 3.95. The van der Waals surface area contributed by atoms with E-state index in [1.807, 2.05) is 37.4 Å². The van der Waals surface area contributed by atoms with Crippen LogP contribution in [0.15, 0.2) is 42.6 Å². The van der Waals surface area contributed by atoms with Crippen LogP contribution in [0.4, 0.5) is 0 Å². The summed E-state index contributed by atoms with van der Waals surface area (Å²) in [5.41, 5.74) is 3.61. The van der Waals surface area contributed by atoms with Gasteiger partial charge in [-0.1, -0.05) is 0 Å². The molecule has 0 amide bonds. The van der Waals surface area contributed by atoms with Crippen molar-refractivity contribution >= 4 is 5.65 Å². The summed E-state index contributed by atoms with van der Waals surface area (Å²) in [5, 5.41) is 13.7. The maximum atomic E-state index is 9.24. The molecule has 0 radical (unpaired) electrons. The normalized spacial score (nSPS) is 10.9. The highest BCUT2D eigenvalue weighted by Crippen LogP contribution is 2.21. The monoisotopic (exact) mass is 225 g/mol. The molecule has 84 valence electrons. The maximum absolute atomic E-state index is 9.24. The minimum Gasteiger partial charge on any atom is -0.508 e. The maximum Gasteiger partial charge on any atom is 0.155 e. The second kappa shape index (κ2) is 3.59. The zero-order valence-corrected chi connectivity index (χ0v) is 9.33. The number of hydrogen-bond donors (Lipinski definition) is 1. The summed E-state index contributed by atoms with van der Waals surface area (Å²) < 4.78 is 1.75. The van der Waals surface area contributed by atoms with Gasteiger partial charge in [0.1, 0.15) is 5.75 Å². The molecule has 2 heterocycles. The number of rotatable bonds is 1. The van der Waals surface area contributed by atoms with Gasteiger partial charge in [0.15, 0.2) is 5.65 Å². The van der Waals surface area contributed by atoms with E-state index in [2.05, 4.69) is 10.1 Å².